The largest absolute Gasteiger partial charge is 0.462 e. The topological polar surface area (TPSA) is 97.0 Å². The zero-order valence-corrected chi connectivity index (χ0v) is 18.6. The number of alkyl carbamates (subject to hydrolysis) is 1. The third-order valence-corrected chi connectivity index (χ3v) is 5.56. The van der Waals surface area contributed by atoms with Crippen LogP contribution in [-0.2, 0) is 20.9 Å². The van der Waals surface area contributed by atoms with E-state index in [1.54, 1.807) is 13.8 Å². The number of esters is 1. The molecule has 0 saturated heterocycles. The van der Waals surface area contributed by atoms with Gasteiger partial charge in [0.05, 0.1) is 17.2 Å². The minimum atomic E-state index is -0.867. The van der Waals surface area contributed by atoms with E-state index in [0.717, 1.165) is 16.1 Å². The number of carbonyl (C=O) groups excluding carboxylic acids is 3. The van der Waals surface area contributed by atoms with Gasteiger partial charge in [-0.1, -0.05) is 41.7 Å². The van der Waals surface area contributed by atoms with E-state index in [-0.39, 0.29) is 13.2 Å². The Labute approximate surface area is 180 Å². The van der Waals surface area contributed by atoms with E-state index in [1.807, 2.05) is 49.3 Å². The maximum Gasteiger partial charge on any atom is 0.408 e. The average molecular weight is 434 g/mol. The van der Waals surface area contributed by atoms with Crippen LogP contribution >= 0.6 is 11.3 Å². The van der Waals surface area contributed by atoms with Gasteiger partial charge in [0.25, 0.3) is 0 Å². The fraction of sp³-hybridized carbons (Fsp3) is 0.381. The molecule has 2 amide bonds. The number of ether oxygens (including phenoxy) is 2. The van der Waals surface area contributed by atoms with E-state index < -0.39 is 24.0 Å². The molecule has 30 heavy (non-hydrogen) atoms. The highest BCUT2D eigenvalue weighted by Crippen LogP contribution is 2.39. The molecule has 0 bridgehead atoms. The first-order valence-corrected chi connectivity index (χ1v) is 10.3. The third kappa shape index (κ3) is 5.96. The summed E-state index contributed by atoms with van der Waals surface area (Å²) in [5.74, 6) is -0.971. The highest BCUT2D eigenvalue weighted by Gasteiger charge is 2.26. The molecule has 0 spiro atoms. The van der Waals surface area contributed by atoms with Crippen molar-refractivity contribution in [3.8, 4) is 0 Å². The Kier molecular flexibility index (Phi) is 8.23. The summed E-state index contributed by atoms with van der Waals surface area (Å²) in [4.78, 5) is 38.9. The molecule has 1 aromatic carbocycles. The summed E-state index contributed by atoms with van der Waals surface area (Å²) in [5.41, 5.74) is 1.88. The molecular weight excluding hydrogens is 406 g/mol. The second-order valence-electron chi connectivity index (χ2n) is 6.77. The Hall–Kier alpha value is -3.07. The first-order valence-electron chi connectivity index (χ1n) is 9.50. The third-order valence-electron chi connectivity index (χ3n) is 4.18. The van der Waals surface area contributed by atoms with Crippen LogP contribution in [-0.4, -0.2) is 44.7 Å². The van der Waals surface area contributed by atoms with Gasteiger partial charge < -0.3 is 25.0 Å². The zero-order chi connectivity index (χ0) is 22.3. The maximum absolute atomic E-state index is 12.6. The van der Waals surface area contributed by atoms with E-state index in [4.69, 9.17) is 9.47 Å². The SMILES string of the molecule is CCOC(=O)c1c(NC(=O)[C@H](C)NC(=O)OCc2ccccc2)sc(N(C)C)c1C. The average Bonchev–Trinajstić information content (AvgIpc) is 3.03. The van der Waals surface area contributed by atoms with Crippen molar-refractivity contribution in [3.63, 3.8) is 0 Å². The molecule has 162 valence electrons. The van der Waals surface area contributed by atoms with Gasteiger partial charge in [0.2, 0.25) is 5.91 Å². The lowest BCUT2D eigenvalue weighted by atomic mass is 10.2. The molecule has 2 aromatic rings. The lowest BCUT2D eigenvalue weighted by Crippen LogP contribution is -2.41. The molecule has 0 aliphatic heterocycles. The van der Waals surface area contributed by atoms with Crippen LogP contribution < -0.4 is 15.5 Å². The highest BCUT2D eigenvalue weighted by molar-refractivity contribution is 7.20. The summed E-state index contributed by atoms with van der Waals surface area (Å²) >= 11 is 1.27. The summed E-state index contributed by atoms with van der Waals surface area (Å²) in [6.45, 7) is 5.39. The number of nitrogens with zero attached hydrogens (tertiary/aromatic N) is 1. The molecular formula is C21H27N3O5S. The number of amides is 2. The molecule has 0 unspecified atom stereocenters. The van der Waals surface area contributed by atoms with Gasteiger partial charge in [0, 0.05) is 19.7 Å². The molecule has 1 atom stereocenters. The predicted octanol–water partition coefficient (Wildman–Crippen LogP) is 3.55. The lowest BCUT2D eigenvalue weighted by molar-refractivity contribution is -0.117. The Morgan fingerprint density at radius 3 is 2.40 bits per heavy atom. The van der Waals surface area contributed by atoms with Crippen LogP contribution in [0.2, 0.25) is 0 Å². The molecule has 0 aliphatic carbocycles. The van der Waals surface area contributed by atoms with Gasteiger partial charge in [-0.15, -0.1) is 0 Å². The number of rotatable bonds is 8. The smallest absolute Gasteiger partial charge is 0.408 e. The van der Waals surface area contributed by atoms with Crippen molar-refractivity contribution < 1.29 is 23.9 Å². The van der Waals surface area contributed by atoms with Crippen molar-refractivity contribution in [3.05, 3.63) is 47.0 Å². The Bertz CT molecular complexity index is 896. The maximum atomic E-state index is 12.6. The standard InChI is InChI=1S/C21H27N3O5S/c1-6-28-20(26)16-13(2)19(24(4)5)30-18(16)23-17(25)14(3)22-21(27)29-12-15-10-8-7-9-11-15/h7-11,14H,6,12H2,1-5H3,(H,22,27)(H,23,25)/t14-/m0/s1. The van der Waals surface area contributed by atoms with Gasteiger partial charge >= 0.3 is 12.1 Å². The molecule has 1 aromatic heterocycles. The van der Waals surface area contributed by atoms with Gasteiger partial charge in [0.1, 0.15) is 17.6 Å². The first-order chi connectivity index (χ1) is 14.2. The van der Waals surface area contributed by atoms with Crippen LogP contribution in [0.15, 0.2) is 30.3 Å². The molecule has 9 heteroatoms. The van der Waals surface area contributed by atoms with Gasteiger partial charge in [-0.3, -0.25) is 4.79 Å². The zero-order valence-electron chi connectivity index (χ0n) is 17.8. The highest BCUT2D eigenvalue weighted by atomic mass is 32.1. The number of nitrogens with one attached hydrogen (secondary N) is 2. The summed E-state index contributed by atoms with van der Waals surface area (Å²) in [6, 6.07) is 8.36. The second-order valence-corrected chi connectivity index (χ2v) is 7.77. The number of benzene rings is 1. The summed E-state index contributed by atoms with van der Waals surface area (Å²) in [7, 11) is 3.71. The van der Waals surface area contributed by atoms with Crippen LogP contribution in [0.5, 0.6) is 0 Å². The lowest BCUT2D eigenvalue weighted by Gasteiger charge is -2.14. The Morgan fingerprint density at radius 2 is 1.80 bits per heavy atom. The van der Waals surface area contributed by atoms with E-state index in [9.17, 15) is 14.4 Å². The summed E-state index contributed by atoms with van der Waals surface area (Å²) in [6.07, 6.45) is -0.705. The van der Waals surface area contributed by atoms with Crippen LogP contribution in [0, 0.1) is 6.92 Å². The normalized spacial score (nSPS) is 11.4. The van der Waals surface area contributed by atoms with Crippen molar-refractivity contribution in [2.45, 2.75) is 33.4 Å². The molecule has 2 rings (SSSR count). The van der Waals surface area contributed by atoms with Gasteiger partial charge in [-0.2, -0.15) is 0 Å². The molecule has 2 N–H and O–H groups in total. The molecule has 0 radical (unpaired) electrons. The van der Waals surface area contributed by atoms with E-state index in [0.29, 0.717) is 10.6 Å². The predicted molar refractivity (Wildman–Crippen MR) is 117 cm³/mol. The minimum Gasteiger partial charge on any atom is -0.462 e. The van der Waals surface area contributed by atoms with Crippen molar-refractivity contribution in [2.75, 3.05) is 30.9 Å². The van der Waals surface area contributed by atoms with Crippen LogP contribution in [0.3, 0.4) is 0 Å². The monoisotopic (exact) mass is 433 g/mol. The molecule has 0 fully saturated rings. The molecule has 8 nitrogen and oxygen atoms in total. The van der Waals surface area contributed by atoms with Crippen molar-refractivity contribution in [1.82, 2.24) is 5.32 Å². The van der Waals surface area contributed by atoms with Gasteiger partial charge in [-0.25, -0.2) is 9.59 Å². The van der Waals surface area contributed by atoms with Crippen molar-refractivity contribution >= 4 is 39.3 Å². The van der Waals surface area contributed by atoms with Gasteiger partial charge in [-0.05, 0) is 26.3 Å². The van der Waals surface area contributed by atoms with E-state index >= 15 is 0 Å². The van der Waals surface area contributed by atoms with E-state index in [1.165, 1.54) is 18.3 Å². The number of hydrogen-bond acceptors (Lipinski definition) is 7. The Balaban J connectivity index is 2.04. The van der Waals surface area contributed by atoms with Crippen LogP contribution in [0.25, 0.3) is 0 Å². The molecule has 1 heterocycles. The number of carbonyl (C=O) groups is 3. The fourth-order valence-electron chi connectivity index (χ4n) is 2.69. The van der Waals surface area contributed by atoms with Crippen molar-refractivity contribution in [2.24, 2.45) is 0 Å². The molecule has 0 aliphatic rings. The van der Waals surface area contributed by atoms with E-state index in [2.05, 4.69) is 10.6 Å². The second kappa shape index (κ2) is 10.6. The number of hydrogen-bond donors (Lipinski definition) is 2. The van der Waals surface area contributed by atoms with Gasteiger partial charge in [0.15, 0.2) is 0 Å². The molecule has 0 saturated carbocycles. The van der Waals surface area contributed by atoms with Crippen molar-refractivity contribution in [1.29, 1.82) is 0 Å². The summed E-state index contributed by atoms with van der Waals surface area (Å²) in [5, 5.41) is 6.43. The first kappa shape index (κ1) is 23.2. The van der Waals surface area contributed by atoms with Crippen LogP contribution in [0.4, 0.5) is 14.8 Å². The number of anilines is 2. The summed E-state index contributed by atoms with van der Waals surface area (Å²) < 4.78 is 10.3. The quantitative estimate of drug-likeness (QED) is 0.618. The van der Waals surface area contributed by atoms with Crippen LogP contribution in [0.1, 0.15) is 35.3 Å². The number of thiophene rings is 1. The minimum absolute atomic E-state index is 0.102. The Morgan fingerprint density at radius 1 is 1.13 bits per heavy atom. The fourth-order valence-corrected chi connectivity index (χ4v) is 3.81.